The van der Waals surface area contributed by atoms with Crippen LogP contribution in [0, 0.1) is 0 Å². The van der Waals surface area contributed by atoms with Gasteiger partial charge in [0.2, 0.25) is 0 Å². The molecule has 0 spiro atoms. The van der Waals surface area contributed by atoms with E-state index >= 15 is 0 Å². The van der Waals surface area contributed by atoms with Crippen molar-refractivity contribution in [2.75, 3.05) is 10.6 Å². The van der Waals surface area contributed by atoms with E-state index in [0.717, 1.165) is 12.8 Å². The van der Waals surface area contributed by atoms with Gasteiger partial charge in [-0.1, -0.05) is 0 Å². The summed E-state index contributed by atoms with van der Waals surface area (Å²) in [5.41, 5.74) is 5.09. The van der Waals surface area contributed by atoms with Crippen LogP contribution in [-0.2, 0) is 0 Å². The van der Waals surface area contributed by atoms with Crippen LogP contribution >= 0.6 is 45.3 Å². The van der Waals surface area contributed by atoms with Gasteiger partial charge in [0.25, 0.3) is 0 Å². The summed E-state index contributed by atoms with van der Waals surface area (Å²) >= 11 is 8.56. The Labute approximate surface area is 276 Å². The molecule has 1 aliphatic rings. The third-order valence-corrected chi connectivity index (χ3v) is 15.9. The van der Waals surface area contributed by atoms with E-state index < -0.39 is 0 Å². The second kappa shape index (κ2) is 13.7. The minimum atomic E-state index is 0.369. The fourth-order valence-electron chi connectivity index (χ4n) is 5.45. The minimum absolute atomic E-state index is 0.369. The number of nitrogens with one attached hydrogen (secondary N) is 2. The average Bonchev–Trinajstić information content (AvgIpc) is 3.84. The van der Waals surface area contributed by atoms with Gasteiger partial charge in [0.05, 0.1) is 0 Å². The van der Waals surface area contributed by atoms with E-state index in [0.29, 0.717) is 41.7 Å². The normalized spacial score (nSPS) is 16.1. The van der Waals surface area contributed by atoms with Gasteiger partial charge in [-0.25, -0.2) is 0 Å². The standard InChI is InChI=1S/C34H30N2S4Se2/c1-3-7-23(8-4-1)41-21-15-25-31-27(11-17-37-31)35-29-13-19-39-33(29)26(16-22-42-24-9-5-2-6-10-24)34-30(14-20-40-34)36-28-12-18-38-32(25)28/h1-14,17-20,25-26,35-36H,15-16,21-22H2. The van der Waals surface area contributed by atoms with Crippen molar-refractivity contribution < 1.29 is 0 Å². The topological polar surface area (TPSA) is 24.1 Å². The Balaban J connectivity index is 1.23. The maximum atomic E-state index is 3.96. The van der Waals surface area contributed by atoms with Crippen LogP contribution < -0.4 is 19.6 Å². The van der Waals surface area contributed by atoms with E-state index in [1.807, 2.05) is 45.3 Å². The molecular weight excluding hydrogens is 723 g/mol. The molecule has 0 fully saturated rings. The van der Waals surface area contributed by atoms with E-state index in [9.17, 15) is 0 Å². The van der Waals surface area contributed by atoms with Crippen molar-refractivity contribution in [3.05, 3.63) is 126 Å². The predicted octanol–water partition coefficient (Wildman–Crippen LogP) is 9.67. The second-order valence-electron chi connectivity index (χ2n) is 10.0. The molecule has 0 bridgehead atoms. The van der Waals surface area contributed by atoms with Crippen molar-refractivity contribution in [3.8, 4) is 0 Å². The Morgan fingerprint density at radius 2 is 0.786 bits per heavy atom. The molecule has 0 unspecified atom stereocenters. The molecule has 2 aromatic carbocycles. The molecule has 8 heteroatoms. The van der Waals surface area contributed by atoms with E-state index in [2.05, 4.69) is 117 Å². The first-order valence-electron chi connectivity index (χ1n) is 14.0. The van der Waals surface area contributed by atoms with Crippen LogP contribution in [0.2, 0.25) is 10.6 Å². The van der Waals surface area contributed by atoms with Crippen molar-refractivity contribution in [1.82, 2.24) is 0 Å². The number of benzene rings is 2. The SMILES string of the molecule is c1ccc([Se]CCC2c3sccc3Nc3ccsc3C(CC[Se]c3ccccc3)c3sccc3Nc3ccsc32)cc1. The molecule has 6 aromatic rings. The summed E-state index contributed by atoms with van der Waals surface area (Å²) in [6.07, 6.45) is 2.30. The zero-order chi connectivity index (χ0) is 28.1. The average molecular weight is 753 g/mol. The molecule has 0 radical (unpaired) electrons. The van der Waals surface area contributed by atoms with Crippen LogP contribution in [0.1, 0.15) is 44.2 Å². The summed E-state index contributed by atoms with van der Waals surface area (Å²) < 4.78 is 2.97. The van der Waals surface area contributed by atoms with E-state index in [1.54, 1.807) is 0 Å². The van der Waals surface area contributed by atoms with Crippen LogP contribution in [0.25, 0.3) is 0 Å². The van der Waals surface area contributed by atoms with Gasteiger partial charge in [0.1, 0.15) is 0 Å². The third kappa shape index (κ3) is 6.38. The number of hydrogen-bond donors (Lipinski definition) is 2. The van der Waals surface area contributed by atoms with Gasteiger partial charge in [-0.2, -0.15) is 0 Å². The van der Waals surface area contributed by atoms with Crippen molar-refractivity contribution in [3.63, 3.8) is 0 Å². The first-order chi connectivity index (χ1) is 20.8. The number of anilines is 4. The van der Waals surface area contributed by atoms with Gasteiger partial charge in [-0.3, -0.25) is 0 Å². The third-order valence-electron chi connectivity index (χ3n) is 7.42. The van der Waals surface area contributed by atoms with Gasteiger partial charge in [0.15, 0.2) is 0 Å². The fourth-order valence-corrected chi connectivity index (χ4v) is 13.5. The maximum absolute atomic E-state index is 3.96. The predicted molar refractivity (Wildman–Crippen MR) is 190 cm³/mol. The van der Waals surface area contributed by atoms with E-state index in [-0.39, 0.29) is 0 Å². The molecule has 0 saturated carbocycles. The fraction of sp³-hybridized carbons (Fsp3) is 0.176. The summed E-state index contributed by atoms with van der Waals surface area (Å²) in [5.74, 6) is 0.738. The quantitative estimate of drug-likeness (QED) is 0.152. The van der Waals surface area contributed by atoms with Gasteiger partial charge < -0.3 is 0 Å². The van der Waals surface area contributed by atoms with Gasteiger partial charge in [0, 0.05) is 0 Å². The molecule has 7 rings (SSSR count). The first kappa shape index (κ1) is 28.6. The zero-order valence-corrected chi connectivity index (χ0v) is 29.5. The molecule has 212 valence electrons. The Kier molecular flexibility index (Phi) is 9.32. The Hall–Kier alpha value is -2.12. The molecule has 0 amide bonds. The number of fused-ring (bicyclic) bond motifs is 4. The Morgan fingerprint density at radius 1 is 0.452 bits per heavy atom. The number of hydrogen-bond acceptors (Lipinski definition) is 6. The second-order valence-corrected chi connectivity index (χ2v) is 18.7. The van der Waals surface area contributed by atoms with Crippen molar-refractivity contribution in [2.45, 2.75) is 35.3 Å². The van der Waals surface area contributed by atoms with Crippen LogP contribution in [0.4, 0.5) is 22.7 Å². The summed E-state index contributed by atoms with van der Waals surface area (Å²) in [7, 11) is 0. The molecule has 0 aliphatic carbocycles. The molecule has 1 aliphatic heterocycles. The molecule has 2 nitrogen and oxygen atoms in total. The molecule has 2 N–H and O–H groups in total. The zero-order valence-electron chi connectivity index (χ0n) is 22.8. The van der Waals surface area contributed by atoms with Gasteiger partial charge in [-0.15, -0.1) is 0 Å². The Bertz CT molecular complexity index is 1510. The van der Waals surface area contributed by atoms with Crippen LogP contribution in [0.15, 0.2) is 106 Å². The Morgan fingerprint density at radius 3 is 1.12 bits per heavy atom. The van der Waals surface area contributed by atoms with E-state index in [4.69, 9.17) is 0 Å². The van der Waals surface area contributed by atoms with Crippen LogP contribution in [0.3, 0.4) is 0 Å². The van der Waals surface area contributed by atoms with Crippen LogP contribution in [-0.4, -0.2) is 29.9 Å². The summed E-state index contributed by atoms with van der Waals surface area (Å²) in [5, 5.41) is 19.5. The summed E-state index contributed by atoms with van der Waals surface area (Å²) in [6.45, 7) is 0. The molecule has 0 saturated heterocycles. The van der Waals surface area contributed by atoms with Crippen LogP contribution in [0.5, 0.6) is 0 Å². The molecule has 5 heterocycles. The van der Waals surface area contributed by atoms with Crippen molar-refractivity contribution in [2.24, 2.45) is 0 Å². The summed E-state index contributed by atoms with van der Waals surface area (Å²) in [4.78, 5) is 5.82. The first-order valence-corrected chi connectivity index (χ1v) is 21.7. The van der Waals surface area contributed by atoms with Crippen molar-refractivity contribution >= 4 is 107 Å². The summed E-state index contributed by atoms with van der Waals surface area (Å²) in [6, 6.07) is 31.2. The molecule has 4 aromatic heterocycles. The molecule has 0 atom stereocenters. The van der Waals surface area contributed by atoms with Crippen molar-refractivity contribution in [1.29, 1.82) is 0 Å². The number of thiophene rings is 4. The van der Waals surface area contributed by atoms with E-state index in [1.165, 1.54) is 61.8 Å². The molecular formula is C34H30N2S4Se2. The van der Waals surface area contributed by atoms with Gasteiger partial charge in [-0.05, 0) is 0 Å². The van der Waals surface area contributed by atoms with Gasteiger partial charge >= 0.3 is 279 Å². The number of rotatable bonds is 8. The molecule has 42 heavy (non-hydrogen) atoms. The monoisotopic (exact) mass is 754 g/mol.